The molecule has 0 spiro atoms. The molecule has 42 heavy (non-hydrogen) atoms. The summed E-state index contributed by atoms with van der Waals surface area (Å²) >= 11 is 0. The van der Waals surface area contributed by atoms with Crippen LogP contribution in [0.25, 0.3) is 0 Å². The number of amides is 1. The van der Waals surface area contributed by atoms with Crippen LogP contribution in [0.1, 0.15) is 47.0 Å². The third-order valence-electron chi connectivity index (χ3n) is 5.53. The summed E-state index contributed by atoms with van der Waals surface area (Å²) in [7, 11) is 3.57. The second-order valence-electron chi connectivity index (χ2n) is 9.86. The van der Waals surface area contributed by atoms with E-state index in [1.165, 1.54) is 5.56 Å². The van der Waals surface area contributed by atoms with E-state index in [9.17, 15) is 31.1 Å². The van der Waals surface area contributed by atoms with Gasteiger partial charge in [0.1, 0.15) is 17.3 Å². The SMILES string of the molecule is Cc1ccc(CN2CCc3cc(C(=O)N(C)C)c(NCC(C)C)nc3CC2)o1.O=C(O)C(F)(F)F.O=C(O)C(F)(F)F. The number of rotatable bonds is 6. The van der Waals surface area contributed by atoms with Gasteiger partial charge >= 0.3 is 24.3 Å². The van der Waals surface area contributed by atoms with Gasteiger partial charge in [0.05, 0.1) is 12.1 Å². The van der Waals surface area contributed by atoms with Crippen LogP contribution in [0.3, 0.4) is 0 Å². The van der Waals surface area contributed by atoms with E-state index in [-0.39, 0.29) is 5.91 Å². The molecule has 3 heterocycles. The first-order valence-corrected chi connectivity index (χ1v) is 12.6. The van der Waals surface area contributed by atoms with Gasteiger partial charge in [-0.1, -0.05) is 13.8 Å². The number of anilines is 1. The Morgan fingerprint density at radius 1 is 1.02 bits per heavy atom. The predicted molar refractivity (Wildman–Crippen MR) is 139 cm³/mol. The third-order valence-corrected chi connectivity index (χ3v) is 5.53. The number of carbonyl (C=O) groups excluding carboxylic acids is 1. The Morgan fingerprint density at radius 3 is 1.98 bits per heavy atom. The molecule has 3 rings (SSSR count). The van der Waals surface area contributed by atoms with Crippen LogP contribution < -0.4 is 5.32 Å². The minimum absolute atomic E-state index is 0.00581. The lowest BCUT2D eigenvalue weighted by Crippen LogP contribution is -2.25. The molecule has 236 valence electrons. The number of furan rings is 1. The molecule has 16 heteroatoms. The van der Waals surface area contributed by atoms with Crippen LogP contribution in [0.5, 0.6) is 0 Å². The fraction of sp³-hybridized carbons (Fsp3) is 0.538. The van der Waals surface area contributed by atoms with Crippen LogP contribution in [0.15, 0.2) is 22.6 Å². The van der Waals surface area contributed by atoms with Gasteiger partial charge in [0.25, 0.3) is 5.91 Å². The van der Waals surface area contributed by atoms with E-state index in [1.54, 1.807) is 19.0 Å². The summed E-state index contributed by atoms with van der Waals surface area (Å²) in [6.45, 7) is 9.75. The van der Waals surface area contributed by atoms with Crippen molar-refractivity contribution in [2.24, 2.45) is 5.92 Å². The van der Waals surface area contributed by atoms with Crippen molar-refractivity contribution < 1.29 is 55.4 Å². The number of aliphatic carboxylic acids is 2. The van der Waals surface area contributed by atoms with Crippen LogP contribution in [0, 0.1) is 12.8 Å². The molecule has 0 aromatic carbocycles. The zero-order valence-electron chi connectivity index (χ0n) is 23.7. The first-order valence-electron chi connectivity index (χ1n) is 12.6. The van der Waals surface area contributed by atoms with Crippen LogP contribution in [-0.4, -0.2) is 88.9 Å². The van der Waals surface area contributed by atoms with Crippen molar-refractivity contribution in [2.75, 3.05) is 39.0 Å². The first kappa shape index (κ1) is 36.2. The second kappa shape index (κ2) is 15.4. The predicted octanol–water partition coefficient (Wildman–Crippen LogP) is 4.62. The molecule has 3 N–H and O–H groups in total. The number of nitrogens with zero attached hydrogens (tertiary/aromatic N) is 3. The quantitative estimate of drug-likeness (QED) is 0.399. The van der Waals surface area contributed by atoms with Gasteiger partial charge in [-0.25, -0.2) is 14.6 Å². The molecule has 2 aromatic heterocycles. The molecule has 0 bridgehead atoms. The largest absolute Gasteiger partial charge is 0.490 e. The number of carboxylic acids is 2. The van der Waals surface area contributed by atoms with Gasteiger partial charge in [0, 0.05) is 45.8 Å². The monoisotopic (exact) mass is 612 g/mol. The normalized spacial score (nSPS) is 13.5. The Kier molecular flexibility index (Phi) is 13.3. The van der Waals surface area contributed by atoms with Gasteiger partial charge < -0.3 is 24.8 Å². The van der Waals surface area contributed by atoms with Crippen molar-refractivity contribution in [2.45, 2.75) is 52.5 Å². The molecular formula is C26H34F6N4O6. The zero-order valence-corrected chi connectivity index (χ0v) is 23.7. The summed E-state index contributed by atoms with van der Waals surface area (Å²) in [6, 6.07) is 6.11. The highest BCUT2D eigenvalue weighted by molar-refractivity contribution is 5.98. The Morgan fingerprint density at radius 2 is 1.55 bits per heavy atom. The Bertz CT molecular complexity index is 1190. The molecule has 0 saturated carbocycles. The highest BCUT2D eigenvalue weighted by atomic mass is 19.4. The van der Waals surface area contributed by atoms with E-state index in [0.29, 0.717) is 17.3 Å². The van der Waals surface area contributed by atoms with Crippen molar-refractivity contribution in [3.05, 3.63) is 46.5 Å². The number of aromatic nitrogens is 1. The molecule has 0 atom stereocenters. The molecule has 1 aliphatic rings. The van der Waals surface area contributed by atoms with E-state index in [4.69, 9.17) is 29.2 Å². The van der Waals surface area contributed by atoms with Gasteiger partial charge in [-0.2, -0.15) is 26.3 Å². The average Bonchev–Trinajstić information content (AvgIpc) is 3.17. The van der Waals surface area contributed by atoms with Crippen LogP contribution in [0.2, 0.25) is 0 Å². The molecule has 2 aromatic rings. The molecule has 0 saturated heterocycles. The van der Waals surface area contributed by atoms with Crippen LogP contribution in [0.4, 0.5) is 32.2 Å². The first-order chi connectivity index (χ1) is 19.2. The van der Waals surface area contributed by atoms with E-state index in [1.807, 2.05) is 25.1 Å². The van der Waals surface area contributed by atoms with Crippen molar-refractivity contribution in [3.8, 4) is 0 Å². The number of pyridine rings is 1. The minimum Gasteiger partial charge on any atom is -0.475 e. The maximum Gasteiger partial charge on any atom is 0.490 e. The van der Waals surface area contributed by atoms with Gasteiger partial charge in [-0.05, 0) is 43.0 Å². The Hall–Kier alpha value is -3.82. The van der Waals surface area contributed by atoms with Gasteiger partial charge in [0.2, 0.25) is 0 Å². The lowest BCUT2D eigenvalue weighted by molar-refractivity contribution is -0.193. The fourth-order valence-electron chi connectivity index (χ4n) is 3.47. The van der Waals surface area contributed by atoms with E-state index in [2.05, 4.69) is 24.1 Å². The van der Waals surface area contributed by atoms with Gasteiger partial charge in [-0.3, -0.25) is 9.69 Å². The molecule has 0 aliphatic carbocycles. The van der Waals surface area contributed by atoms with Crippen molar-refractivity contribution in [3.63, 3.8) is 0 Å². The second-order valence-corrected chi connectivity index (χ2v) is 9.86. The third kappa shape index (κ3) is 12.4. The van der Waals surface area contributed by atoms with E-state index >= 15 is 0 Å². The Labute approximate surface area is 238 Å². The van der Waals surface area contributed by atoms with Crippen molar-refractivity contribution in [1.82, 2.24) is 14.8 Å². The maximum absolute atomic E-state index is 12.7. The fourth-order valence-corrected chi connectivity index (χ4v) is 3.47. The summed E-state index contributed by atoms with van der Waals surface area (Å²) in [4.78, 5) is 39.4. The molecule has 1 aliphatic heterocycles. The number of hydrogen-bond donors (Lipinski definition) is 3. The van der Waals surface area contributed by atoms with Crippen LogP contribution in [-0.2, 0) is 29.0 Å². The summed E-state index contributed by atoms with van der Waals surface area (Å²) in [6.07, 6.45) is -8.40. The number of carbonyl (C=O) groups is 3. The summed E-state index contributed by atoms with van der Waals surface area (Å²) in [5.41, 5.74) is 2.94. The average molecular weight is 613 g/mol. The smallest absolute Gasteiger partial charge is 0.475 e. The Balaban J connectivity index is 0.000000522. The number of halogens is 6. The minimum atomic E-state index is -5.08. The zero-order chi connectivity index (χ0) is 32.4. The highest BCUT2D eigenvalue weighted by Gasteiger charge is 2.38. The molecule has 1 amide bonds. The topological polar surface area (TPSA) is 136 Å². The molecule has 10 nitrogen and oxygen atoms in total. The van der Waals surface area contributed by atoms with E-state index < -0.39 is 24.3 Å². The number of nitrogens with one attached hydrogen (secondary N) is 1. The molecule has 0 fully saturated rings. The number of aryl methyl sites for hydroxylation is 1. The van der Waals surface area contributed by atoms with E-state index in [0.717, 1.165) is 56.2 Å². The summed E-state index contributed by atoms with van der Waals surface area (Å²) < 4.78 is 69.2. The number of carboxylic acid groups (broad SMARTS) is 2. The number of alkyl halides is 6. The molecular weight excluding hydrogens is 578 g/mol. The molecule has 0 unspecified atom stereocenters. The number of hydrogen-bond acceptors (Lipinski definition) is 7. The van der Waals surface area contributed by atoms with Crippen molar-refractivity contribution >= 4 is 23.7 Å². The standard InChI is InChI=1S/C22H32N4O2.2C2HF3O2/c1-15(2)13-23-21-19(22(27)25(4)5)12-17-8-10-26(11-9-20(17)24-21)14-18-7-6-16(3)28-18;2*3-2(4,5)1(6)7/h6-7,12,15H,8-11,13-14H2,1-5H3,(H,23,24);2*(H,6,7). The summed E-state index contributed by atoms with van der Waals surface area (Å²) in [5, 5.41) is 17.6. The number of fused-ring (bicyclic) bond motifs is 1. The lowest BCUT2D eigenvalue weighted by atomic mass is 10.0. The lowest BCUT2D eigenvalue weighted by Gasteiger charge is -2.18. The molecule has 0 radical (unpaired) electrons. The highest BCUT2D eigenvalue weighted by Crippen LogP contribution is 2.24. The van der Waals surface area contributed by atoms with Crippen LogP contribution >= 0.6 is 0 Å². The van der Waals surface area contributed by atoms with Gasteiger partial charge in [0.15, 0.2) is 0 Å². The van der Waals surface area contributed by atoms with Gasteiger partial charge in [-0.15, -0.1) is 0 Å². The maximum atomic E-state index is 12.7. The van der Waals surface area contributed by atoms with Crippen molar-refractivity contribution in [1.29, 1.82) is 0 Å². The summed E-state index contributed by atoms with van der Waals surface area (Å²) in [5.74, 6) is -2.38.